The first-order valence-electron chi connectivity index (χ1n) is 21.4. The maximum absolute atomic E-state index is 12.6. The molecule has 0 radical (unpaired) electrons. The molecule has 53 heavy (non-hydrogen) atoms. The third-order valence-electron chi connectivity index (χ3n) is 8.95. The number of allylic oxidation sites excluding steroid dienone is 7. The molecule has 1 unspecified atom stereocenters. The van der Waals surface area contributed by atoms with Crippen LogP contribution in [0.1, 0.15) is 174 Å². The molecule has 0 aliphatic rings. The van der Waals surface area contributed by atoms with E-state index in [0.29, 0.717) is 17.4 Å². The first-order chi connectivity index (χ1) is 25.6. The Balaban J connectivity index is 4.40. The molecule has 0 aromatic rings. The lowest BCUT2D eigenvalue weighted by atomic mass is 10.0. The molecule has 9 heteroatoms. The monoisotopic (exact) mass is 768 g/mol. The number of ether oxygens (including phenoxy) is 2. The Morgan fingerprint density at radius 2 is 1.06 bits per heavy atom. The van der Waals surface area contributed by atoms with E-state index >= 15 is 0 Å². The summed E-state index contributed by atoms with van der Waals surface area (Å²) in [5, 5.41) is 0. The van der Waals surface area contributed by atoms with E-state index in [2.05, 4.69) is 50.3 Å². The summed E-state index contributed by atoms with van der Waals surface area (Å²) in [5.74, 6) is -0.407. The van der Waals surface area contributed by atoms with Crippen LogP contribution in [-0.4, -0.2) is 64.1 Å². The second-order valence-corrected chi connectivity index (χ2v) is 16.8. The highest BCUT2D eigenvalue weighted by molar-refractivity contribution is 7.45. The van der Waals surface area contributed by atoms with Crippen LogP contribution in [0.4, 0.5) is 0 Å². The first kappa shape index (κ1) is 51.3. The van der Waals surface area contributed by atoms with Crippen LogP contribution >= 0.6 is 7.82 Å². The van der Waals surface area contributed by atoms with Gasteiger partial charge in [0, 0.05) is 6.42 Å². The van der Waals surface area contributed by atoms with Gasteiger partial charge in [0.05, 0.1) is 34.0 Å². The number of rotatable bonds is 39. The molecule has 8 nitrogen and oxygen atoms in total. The Bertz CT molecular complexity index is 989. The number of unbranched alkanes of at least 4 members (excludes halogenated alkanes) is 19. The molecule has 0 aromatic carbocycles. The molecule has 0 amide bonds. The zero-order chi connectivity index (χ0) is 39.1. The fourth-order valence-corrected chi connectivity index (χ4v) is 6.31. The topological polar surface area (TPSA) is 94.1 Å². The van der Waals surface area contributed by atoms with Crippen LogP contribution in [0.2, 0.25) is 0 Å². The van der Waals surface area contributed by atoms with Crippen molar-refractivity contribution in [3.05, 3.63) is 48.8 Å². The van der Waals surface area contributed by atoms with Gasteiger partial charge in [-0.05, 0) is 57.4 Å². The molecule has 0 saturated carbocycles. The minimum absolute atomic E-state index is 0.0000375. The molecule has 0 aliphatic carbocycles. The van der Waals surface area contributed by atoms with Crippen molar-refractivity contribution in [1.29, 1.82) is 0 Å². The largest absolute Gasteiger partial charge is 0.756 e. The molecule has 0 saturated heterocycles. The number of hydrogen-bond acceptors (Lipinski definition) is 7. The maximum atomic E-state index is 12.6. The van der Waals surface area contributed by atoms with Gasteiger partial charge >= 0.3 is 5.97 Å². The molecule has 0 spiro atoms. The second-order valence-electron chi connectivity index (χ2n) is 15.4. The molecule has 0 rings (SSSR count). The number of carbonyl (C=O) groups excluding carboxylic acids is 1. The van der Waals surface area contributed by atoms with Gasteiger partial charge in [0.2, 0.25) is 0 Å². The average molecular weight is 768 g/mol. The third-order valence-corrected chi connectivity index (χ3v) is 9.91. The molecule has 2 atom stereocenters. The van der Waals surface area contributed by atoms with Gasteiger partial charge in [-0.15, -0.1) is 0 Å². The van der Waals surface area contributed by atoms with Gasteiger partial charge in [0.25, 0.3) is 7.82 Å². The van der Waals surface area contributed by atoms with Crippen LogP contribution in [0.3, 0.4) is 0 Å². The number of nitrogens with zero attached hydrogens (tertiary/aromatic N) is 1. The maximum Gasteiger partial charge on any atom is 0.306 e. The molecule has 0 heterocycles. The van der Waals surface area contributed by atoms with E-state index in [9.17, 15) is 14.3 Å². The molecule has 0 bridgehead atoms. The summed E-state index contributed by atoms with van der Waals surface area (Å²) in [5.41, 5.74) is 0. The van der Waals surface area contributed by atoms with Crippen molar-refractivity contribution in [3.8, 4) is 0 Å². The van der Waals surface area contributed by atoms with Crippen molar-refractivity contribution in [2.24, 2.45) is 0 Å². The van der Waals surface area contributed by atoms with Gasteiger partial charge in [-0.2, -0.15) is 0 Å². The number of carbonyl (C=O) groups is 1. The average Bonchev–Trinajstić information content (AvgIpc) is 3.11. The molecule has 0 fully saturated rings. The van der Waals surface area contributed by atoms with E-state index in [1.54, 1.807) is 6.26 Å². The highest BCUT2D eigenvalue weighted by atomic mass is 31.2. The van der Waals surface area contributed by atoms with E-state index in [4.69, 9.17) is 18.5 Å². The summed E-state index contributed by atoms with van der Waals surface area (Å²) >= 11 is 0. The van der Waals surface area contributed by atoms with Crippen molar-refractivity contribution in [1.82, 2.24) is 0 Å². The van der Waals surface area contributed by atoms with Crippen molar-refractivity contribution in [2.75, 3.05) is 47.5 Å². The summed E-state index contributed by atoms with van der Waals surface area (Å²) < 4.78 is 34.2. The smallest absolute Gasteiger partial charge is 0.306 e. The van der Waals surface area contributed by atoms with Crippen LogP contribution in [0.25, 0.3) is 0 Å². The van der Waals surface area contributed by atoms with Gasteiger partial charge in [-0.3, -0.25) is 9.36 Å². The van der Waals surface area contributed by atoms with Crippen molar-refractivity contribution >= 4 is 13.8 Å². The number of esters is 1. The molecule has 0 N–H and O–H groups in total. The number of quaternary nitrogens is 1. The zero-order valence-corrected chi connectivity index (χ0v) is 35.8. The van der Waals surface area contributed by atoms with E-state index in [1.165, 1.54) is 116 Å². The Morgan fingerprint density at radius 1 is 0.604 bits per heavy atom. The number of phosphoric ester groups is 1. The standard InChI is InChI=1S/C44H82NO7P/c1-6-8-10-12-14-16-18-20-22-23-24-25-27-29-31-33-35-37-44(46)52-43(42-51-53(47,48)50-40-38-45(3,4)5)41-49-39-36-34-32-30-28-26-21-19-17-15-13-11-9-7-2/h20,22,24-25,29,31,36,39,43H,6-19,21,23,26-28,30,32-35,37-38,40-42H2,1-5H3/b22-20+,25-24+,31-29+,39-36+/t43-/m1/s1. The highest BCUT2D eigenvalue weighted by Gasteiger charge is 2.20. The third kappa shape index (κ3) is 41.3. The van der Waals surface area contributed by atoms with Crippen molar-refractivity contribution < 1.29 is 37.3 Å². The Kier molecular flexibility index (Phi) is 36.0. The van der Waals surface area contributed by atoms with Crippen LogP contribution in [0.15, 0.2) is 48.8 Å². The summed E-state index contributed by atoms with van der Waals surface area (Å²) in [4.78, 5) is 25.0. The molecule has 310 valence electrons. The van der Waals surface area contributed by atoms with Gasteiger partial charge in [0.15, 0.2) is 6.10 Å². The first-order valence-corrected chi connectivity index (χ1v) is 22.9. The Hall–Kier alpha value is -1.70. The summed E-state index contributed by atoms with van der Waals surface area (Å²) in [6.45, 7) is 4.66. The Labute approximate surface area is 327 Å². The van der Waals surface area contributed by atoms with Crippen LogP contribution < -0.4 is 4.89 Å². The fraction of sp³-hybridized carbons (Fsp3) is 0.795. The van der Waals surface area contributed by atoms with E-state index in [1.807, 2.05) is 27.2 Å². The van der Waals surface area contributed by atoms with Crippen LogP contribution in [0, 0.1) is 0 Å². The lowest BCUT2D eigenvalue weighted by molar-refractivity contribution is -0.870. The second kappa shape index (κ2) is 37.2. The summed E-state index contributed by atoms with van der Waals surface area (Å²) in [6.07, 6.45) is 45.1. The molecule has 0 aromatic heterocycles. The van der Waals surface area contributed by atoms with Crippen LogP contribution in [-0.2, 0) is 27.9 Å². The van der Waals surface area contributed by atoms with E-state index in [0.717, 1.165) is 32.1 Å². The lowest BCUT2D eigenvalue weighted by Crippen LogP contribution is -2.37. The molecular weight excluding hydrogens is 685 g/mol. The SMILES string of the molecule is CCCCCCCC/C=C/C/C=C/C/C=C/CCCC(=O)O[C@H](CO/C=C/CCCCCCCCCCCCCC)COP(=O)([O-])OCC[N+](C)(C)C. The molecule has 0 aliphatic heterocycles. The normalized spacial score (nSPS) is 14.2. The number of likely N-dealkylation sites (N-methyl/N-ethyl adjacent to an activating group) is 1. The fourth-order valence-electron chi connectivity index (χ4n) is 5.59. The van der Waals surface area contributed by atoms with Gasteiger partial charge in [-0.25, -0.2) is 0 Å². The predicted octanol–water partition coefficient (Wildman–Crippen LogP) is 12.1. The minimum atomic E-state index is -4.55. The van der Waals surface area contributed by atoms with Gasteiger partial charge in [-0.1, -0.05) is 153 Å². The lowest BCUT2D eigenvalue weighted by Gasteiger charge is -2.28. The van der Waals surface area contributed by atoms with Crippen molar-refractivity contribution in [2.45, 2.75) is 180 Å². The number of phosphoric acid groups is 1. The summed E-state index contributed by atoms with van der Waals surface area (Å²) in [7, 11) is 1.29. The number of hydrogen-bond donors (Lipinski definition) is 0. The minimum Gasteiger partial charge on any atom is -0.756 e. The zero-order valence-electron chi connectivity index (χ0n) is 35.0. The van der Waals surface area contributed by atoms with Gasteiger partial charge in [0.1, 0.15) is 19.8 Å². The van der Waals surface area contributed by atoms with Crippen molar-refractivity contribution in [3.63, 3.8) is 0 Å². The molecular formula is C44H82NO7P. The Morgan fingerprint density at radius 3 is 1.57 bits per heavy atom. The predicted molar refractivity (Wildman–Crippen MR) is 222 cm³/mol. The van der Waals surface area contributed by atoms with E-state index in [-0.39, 0.29) is 26.2 Å². The quantitative estimate of drug-likeness (QED) is 0.0153. The highest BCUT2D eigenvalue weighted by Crippen LogP contribution is 2.38. The van der Waals surface area contributed by atoms with Gasteiger partial charge < -0.3 is 27.9 Å². The van der Waals surface area contributed by atoms with E-state index < -0.39 is 19.9 Å². The van der Waals surface area contributed by atoms with Crippen LogP contribution in [0.5, 0.6) is 0 Å². The summed E-state index contributed by atoms with van der Waals surface area (Å²) in [6, 6.07) is 0.